The zero-order chi connectivity index (χ0) is 10.6. The number of carbonyl (C=O) groups excluding carboxylic acids is 1. The number of nitrogens with zero attached hydrogens (tertiary/aromatic N) is 1. The van der Waals surface area contributed by atoms with Gasteiger partial charge in [0.1, 0.15) is 0 Å². The van der Waals surface area contributed by atoms with Gasteiger partial charge in [-0.2, -0.15) is 5.10 Å². The molecule has 0 heterocycles. The van der Waals surface area contributed by atoms with E-state index in [0.29, 0.717) is 0 Å². The van der Waals surface area contributed by atoms with Crippen LogP contribution in [-0.2, 0) is 4.79 Å². The van der Waals surface area contributed by atoms with Gasteiger partial charge in [-0.3, -0.25) is 4.79 Å². The van der Waals surface area contributed by atoms with Crippen molar-refractivity contribution in [3.8, 4) is 0 Å². The molecule has 0 aromatic rings. The Hall–Kier alpha value is -0.860. The number of hydrogen-bond acceptors (Lipinski definition) is 2. The van der Waals surface area contributed by atoms with Crippen molar-refractivity contribution in [3.63, 3.8) is 0 Å². The van der Waals surface area contributed by atoms with Gasteiger partial charge in [-0.15, -0.1) is 0 Å². The molecule has 76 valence electrons. The second-order valence-corrected chi connectivity index (χ2v) is 1.73. The van der Waals surface area contributed by atoms with Gasteiger partial charge in [0.25, 0.3) is 0 Å². The molecular weight excluding hydrogens is 152 g/mol. The van der Waals surface area contributed by atoms with Crippen LogP contribution in [0, 0.1) is 0 Å². The number of rotatable bonds is 1. The van der Waals surface area contributed by atoms with E-state index in [1.54, 1.807) is 0 Å². The van der Waals surface area contributed by atoms with Crippen molar-refractivity contribution >= 4 is 11.6 Å². The molecule has 0 fully saturated rings. The van der Waals surface area contributed by atoms with E-state index in [-0.39, 0.29) is 7.33 Å². The molecule has 0 saturated carbocycles. The molecule has 12 heavy (non-hydrogen) atoms. The zero-order valence-electron chi connectivity index (χ0n) is 9.36. The van der Waals surface area contributed by atoms with Crippen LogP contribution in [0.2, 0.25) is 0 Å². The van der Waals surface area contributed by atoms with Gasteiger partial charge in [0, 0.05) is 14.1 Å². The van der Waals surface area contributed by atoms with E-state index < -0.39 is 0 Å². The van der Waals surface area contributed by atoms with Gasteiger partial charge in [0.2, 0.25) is 5.91 Å². The number of hydrogen-bond donors (Lipinski definition) is 1. The van der Waals surface area contributed by atoms with Crippen LogP contribution in [0.5, 0.6) is 0 Å². The molecule has 0 unspecified atom stereocenters. The summed E-state index contributed by atoms with van der Waals surface area (Å²) in [6.45, 7) is 13.1. The van der Waals surface area contributed by atoms with Gasteiger partial charge >= 0.3 is 0 Å². The molecule has 0 radical (unpaired) electrons. The Morgan fingerprint density at radius 2 is 1.42 bits per heavy atom. The predicted octanol–water partition coefficient (Wildman–Crippen LogP) is 2.82. The summed E-state index contributed by atoms with van der Waals surface area (Å²) in [5.41, 5.74) is 3.14. The standard InChI is InChI=1S/C5H10N2O.2C2H6.H2/c1-4(2)6-7-5(3)8;2*1-2;/h1-3H3,(H,7,8);2*1-2H3;1H. The SMILES string of the molecule is CC.CC.CC(=O)NN=C(C)C.[HH]. The van der Waals surface area contributed by atoms with E-state index in [0.717, 1.165) is 5.71 Å². The number of amides is 1. The number of hydrazone groups is 1. The largest absolute Gasteiger partial charge is 0.274 e. The van der Waals surface area contributed by atoms with Crippen LogP contribution in [0.4, 0.5) is 0 Å². The minimum absolute atomic E-state index is 0. The fourth-order valence-corrected chi connectivity index (χ4v) is 0.191. The van der Waals surface area contributed by atoms with Gasteiger partial charge in [-0.05, 0) is 13.8 Å². The number of nitrogens with one attached hydrogen (secondary N) is 1. The lowest BCUT2D eigenvalue weighted by Gasteiger charge is -1.90. The van der Waals surface area contributed by atoms with Crippen LogP contribution in [0.3, 0.4) is 0 Å². The average Bonchev–Trinajstić information content (AvgIpc) is 2.08. The fourth-order valence-electron chi connectivity index (χ4n) is 0.191. The molecule has 0 saturated heterocycles. The Labute approximate surface area is 77.7 Å². The van der Waals surface area contributed by atoms with Crippen molar-refractivity contribution in [1.29, 1.82) is 0 Å². The summed E-state index contributed by atoms with van der Waals surface area (Å²) >= 11 is 0. The summed E-state index contributed by atoms with van der Waals surface area (Å²) in [7, 11) is 0. The molecule has 3 heteroatoms. The van der Waals surface area contributed by atoms with Gasteiger partial charge in [0.05, 0.1) is 0 Å². The highest BCUT2D eigenvalue weighted by Crippen LogP contribution is 1.68. The Morgan fingerprint density at radius 1 is 1.08 bits per heavy atom. The molecule has 0 bridgehead atoms. The lowest BCUT2D eigenvalue weighted by molar-refractivity contribution is -0.118. The first-order valence-electron chi connectivity index (χ1n) is 4.40. The van der Waals surface area contributed by atoms with Crippen molar-refractivity contribution in [2.75, 3.05) is 0 Å². The summed E-state index contributed by atoms with van der Waals surface area (Å²) in [6, 6.07) is 0. The van der Waals surface area contributed by atoms with Gasteiger partial charge in [-0.1, -0.05) is 27.7 Å². The maximum absolute atomic E-state index is 10.1. The highest BCUT2D eigenvalue weighted by atomic mass is 16.2. The minimum Gasteiger partial charge on any atom is -0.274 e. The maximum atomic E-state index is 10.1. The van der Waals surface area contributed by atoms with Crippen LogP contribution in [0.1, 0.15) is 49.9 Å². The third-order valence-corrected chi connectivity index (χ3v) is 0.437. The summed E-state index contributed by atoms with van der Waals surface area (Å²) in [4.78, 5) is 10.1. The highest BCUT2D eigenvalue weighted by Gasteiger charge is 1.82. The Balaban J connectivity index is -0.0000000712. The van der Waals surface area contributed by atoms with Crippen LogP contribution >= 0.6 is 0 Å². The van der Waals surface area contributed by atoms with Crippen LogP contribution in [0.25, 0.3) is 0 Å². The van der Waals surface area contributed by atoms with Crippen molar-refractivity contribution in [2.24, 2.45) is 5.10 Å². The monoisotopic (exact) mass is 176 g/mol. The number of carbonyl (C=O) groups is 1. The second-order valence-electron chi connectivity index (χ2n) is 1.73. The first-order chi connectivity index (χ1) is 5.63. The van der Waals surface area contributed by atoms with Gasteiger partial charge in [0.15, 0.2) is 0 Å². The molecule has 0 aliphatic rings. The molecule has 0 aliphatic heterocycles. The lowest BCUT2D eigenvalue weighted by atomic mass is 10.5. The van der Waals surface area contributed by atoms with Crippen LogP contribution in [0.15, 0.2) is 5.10 Å². The molecule has 1 N–H and O–H groups in total. The minimum atomic E-state index is -0.133. The Morgan fingerprint density at radius 3 is 1.50 bits per heavy atom. The molecule has 1 amide bonds. The Kier molecular flexibility index (Phi) is 23.9. The first kappa shape index (κ1) is 17.3. The Bertz CT molecular complexity index is 121. The van der Waals surface area contributed by atoms with Gasteiger partial charge < -0.3 is 0 Å². The molecule has 0 rings (SSSR count). The highest BCUT2D eigenvalue weighted by molar-refractivity contribution is 5.81. The van der Waals surface area contributed by atoms with E-state index in [4.69, 9.17) is 0 Å². The summed E-state index contributed by atoms with van der Waals surface area (Å²) in [5.74, 6) is -0.133. The average molecular weight is 176 g/mol. The molecular formula is C9H24N2O. The molecule has 3 nitrogen and oxygen atoms in total. The van der Waals surface area contributed by atoms with E-state index in [9.17, 15) is 4.79 Å². The quantitative estimate of drug-likeness (QED) is 0.484. The molecule has 0 aromatic heterocycles. The van der Waals surface area contributed by atoms with E-state index >= 15 is 0 Å². The summed E-state index contributed by atoms with van der Waals surface area (Å²) in [6.07, 6.45) is 0. The normalized spacial score (nSPS) is 6.25. The van der Waals surface area contributed by atoms with Crippen LogP contribution < -0.4 is 5.43 Å². The first-order valence-corrected chi connectivity index (χ1v) is 4.40. The molecule has 0 atom stereocenters. The van der Waals surface area contributed by atoms with E-state index in [2.05, 4.69) is 10.5 Å². The van der Waals surface area contributed by atoms with Crippen molar-refractivity contribution in [1.82, 2.24) is 5.43 Å². The smallest absolute Gasteiger partial charge is 0.236 e. The molecule has 0 aliphatic carbocycles. The maximum Gasteiger partial charge on any atom is 0.236 e. The van der Waals surface area contributed by atoms with E-state index in [1.807, 2.05) is 41.5 Å². The lowest BCUT2D eigenvalue weighted by Crippen LogP contribution is -2.13. The molecule has 0 spiro atoms. The zero-order valence-corrected chi connectivity index (χ0v) is 9.36. The fraction of sp³-hybridized carbons (Fsp3) is 0.778. The van der Waals surface area contributed by atoms with Crippen molar-refractivity contribution in [2.45, 2.75) is 48.5 Å². The topological polar surface area (TPSA) is 41.5 Å². The predicted molar refractivity (Wildman–Crippen MR) is 57.4 cm³/mol. The third kappa shape index (κ3) is 35.3. The third-order valence-electron chi connectivity index (χ3n) is 0.437. The second kappa shape index (κ2) is 16.6. The van der Waals surface area contributed by atoms with Gasteiger partial charge in [-0.25, -0.2) is 5.43 Å². The molecule has 0 aromatic carbocycles. The van der Waals surface area contributed by atoms with Crippen molar-refractivity contribution < 1.29 is 6.22 Å². The van der Waals surface area contributed by atoms with Crippen LogP contribution in [-0.4, -0.2) is 11.6 Å². The summed E-state index contributed by atoms with van der Waals surface area (Å²) in [5, 5.41) is 3.64. The summed E-state index contributed by atoms with van der Waals surface area (Å²) < 4.78 is 0. The van der Waals surface area contributed by atoms with E-state index in [1.165, 1.54) is 6.92 Å². The van der Waals surface area contributed by atoms with Crippen molar-refractivity contribution in [3.05, 3.63) is 0 Å².